The lowest BCUT2D eigenvalue weighted by atomic mass is 9.74. The minimum atomic E-state index is 0.750. The molecule has 3 atom stereocenters. The molecule has 1 aromatic heterocycles. The Labute approximate surface area is 127 Å². The molecule has 0 amide bonds. The van der Waals surface area contributed by atoms with E-state index in [2.05, 4.69) is 20.2 Å². The first-order chi connectivity index (χ1) is 10.4. The van der Waals surface area contributed by atoms with Crippen molar-refractivity contribution >= 4 is 5.95 Å². The predicted octanol–water partition coefficient (Wildman–Crippen LogP) is 1.88. The summed E-state index contributed by atoms with van der Waals surface area (Å²) in [6.07, 6.45) is 7.68. The number of rotatable bonds is 6. The van der Waals surface area contributed by atoms with Crippen LogP contribution < -0.4 is 5.32 Å². The summed E-state index contributed by atoms with van der Waals surface area (Å²) < 4.78 is 5.22. The fourth-order valence-corrected chi connectivity index (χ4v) is 3.95. The van der Waals surface area contributed by atoms with Gasteiger partial charge in [0.2, 0.25) is 5.95 Å². The van der Waals surface area contributed by atoms with Crippen LogP contribution in [0.25, 0.3) is 0 Å². The largest absolute Gasteiger partial charge is 0.383 e. The molecular weight excluding hydrogens is 264 g/mol. The molecule has 1 saturated carbocycles. The van der Waals surface area contributed by atoms with E-state index in [0.717, 1.165) is 43.4 Å². The van der Waals surface area contributed by atoms with E-state index in [0.29, 0.717) is 0 Å². The average molecular weight is 290 g/mol. The van der Waals surface area contributed by atoms with Gasteiger partial charge in [0.25, 0.3) is 0 Å². The van der Waals surface area contributed by atoms with Crippen molar-refractivity contribution in [3.8, 4) is 0 Å². The molecule has 0 aromatic carbocycles. The van der Waals surface area contributed by atoms with Crippen molar-refractivity contribution in [2.45, 2.75) is 19.3 Å². The van der Waals surface area contributed by atoms with Gasteiger partial charge < -0.3 is 15.0 Å². The van der Waals surface area contributed by atoms with Crippen molar-refractivity contribution in [3.63, 3.8) is 0 Å². The second-order valence-corrected chi connectivity index (χ2v) is 6.32. The lowest BCUT2D eigenvalue weighted by Gasteiger charge is -2.33. The van der Waals surface area contributed by atoms with Gasteiger partial charge in [0.15, 0.2) is 0 Å². The van der Waals surface area contributed by atoms with Gasteiger partial charge in [-0.05, 0) is 36.7 Å². The van der Waals surface area contributed by atoms with Crippen molar-refractivity contribution in [3.05, 3.63) is 18.5 Å². The number of likely N-dealkylation sites (tertiary alicyclic amines) is 1. The fraction of sp³-hybridized carbons (Fsp3) is 0.750. The van der Waals surface area contributed by atoms with Crippen molar-refractivity contribution in [1.29, 1.82) is 0 Å². The van der Waals surface area contributed by atoms with Crippen molar-refractivity contribution in [2.75, 3.05) is 45.2 Å². The average Bonchev–Trinajstić information content (AvgIpc) is 2.95. The maximum atomic E-state index is 5.22. The van der Waals surface area contributed by atoms with Crippen LogP contribution in [0.5, 0.6) is 0 Å². The quantitative estimate of drug-likeness (QED) is 0.867. The standard InChI is InChI=1S/C16H26N4O/c1-21-9-8-20-11-14-5-2-4-13(15(14)12-20)10-19-16-17-6-3-7-18-16/h3,6-7,13-15H,2,4-5,8-12H2,1H3,(H,17,18,19)/t13-,14+,15+/m0/s1. The summed E-state index contributed by atoms with van der Waals surface area (Å²) in [5.74, 6) is 3.21. The molecule has 0 spiro atoms. The highest BCUT2D eigenvalue weighted by Gasteiger charge is 2.39. The van der Waals surface area contributed by atoms with Gasteiger partial charge in [-0.3, -0.25) is 0 Å². The summed E-state index contributed by atoms with van der Waals surface area (Å²) >= 11 is 0. The molecule has 116 valence electrons. The number of aromatic nitrogens is 2. The Morgan fingerprint density at radius 3 is 2.95 bits per heavy atom. The third-order valence-electron chi connectivity index (χ3n) is 5.02. The number of methoxy groups -OCH3 is 1. The molecule has 5 nitrogen and oxygen atoms in total. The molecule has 2 heterocycles. The fourth-order valence-electron chi connectivity index (χ4n) is 3.95. The highest BCUT2D eigenvalue weighted by Crippen LogP contribution is 2.39. The van der Waals surface area contributed by atoms with Gasteiger partial charge in [0.1, 0.15) is 0 Å². The zero-order chi connectivity index (χ0) is 14.5. The van der Waals surface area contributed by atoms with E-state index < -0.39 is 0 Å². The molecule has 0 radical (unpaired) electrons. The number of ether oxygens (including phenoxy) is 1. The van der Waals surface area contributed by atoms with Gasteiger partial charge in [0.05, 0.1) is 6.61 Å². The summed E-state index contributed by atoms with van der Waals surface area (Å²) in [4.78, 5) is 11.1. The third-order valence-corrected chi connectivity index (χ3v) is 5.02. The van der Waals surface area contributed by atoms with E-state index in [1.54, 1.807) is 19.5 Å². The van der Waals surface area contributed by atoms with Crippen LogP contribution in [-0.2, 0) is 4.74 Å². The second-order valence-electron chi connectivity index (χ2n) is 6.32. The summed E-state index contributed by atoms with van der Waals surface area (Å²) in [6, 6.07) is 1.85. The van der Waals surface area contributed by atoms with Crippen LogP contribution in [0.2, 0.25) is 0 Å². The van der Waals surface area contributed by atoms with Gasteiger partial charge in [-0.2, -0.15) is 0 Å². The highest BCUT2D eigenvalue weighted by atomic mass is 16.5. The minimum absolute atomic E-state index is 0.750. The molecule has 1 aromatic rings. The smallest absolute Gasteiger partial charge is 0.222 e. The molecule has 2 fully saturated rings. The van der Waals surface area contributed by atoms with Gasteiger partial charge >= 0.3 is 0 Å². The van der Waals surface area contributed by atoms with E-state index >= 15 is 0 Å². The zero-order valence-corrected chi connectivity index (χ0v) is 12.9. The summed E-state index contributed by atoms with van der Waals surface area (Å²) in [6.45, 7) is 5.41. The Bertz CT molecular complexity index is 428. The monoisotopic (exact) mass is 290 g/mol. The van der Waals surface area contributed by atoms with Crippen molar-refractivity contribution in [2.24, 2.45) is 17.8 Å². The van der Waals surface area contributed by atoms with E-state index in [9.17, 15) is 0 Å². The minimum Gasteiger partial charge on any atom is -0.383 e. The predicted molar refractivity (Wildman–Crippen MR) is 83.2 cm³/mol. The summed E-state index contributed by atoms with van der Waals surface area (Å²) in [5.41, 5.74) is 0. The molecule has 1 aliphatic heterocycles. The van der Waals surface area contributed by atoms with Crippen LogP contribution in [0.15, 0.2) is 18.5 Å². The van der Waals surface area contributed by atoms with E-state index in [-0.39, 0.29) is 0 Å². The highest BCUT2D eigenvalue weighted by molar-refractivity contribution is 5.22. The number of nitrogens with one attached hydrogen (secondary N) is 1. The second kappa shape index (κ2) is 7.18. The molecule has 1 saturated heterocycles. The molecule has 1 aliphatic carbocycles. The van der Waals surface area contributed by atoms with Crippen LogP contribution in [0.4, 0.5) is 5.95 Å². The number of hydrogen-bond donors (Lipinski definition) is 1. The van der Waals surface area contributed by atoms with Crippen LogP contribution in [0.3, 0.4) is 0 Å². The molecule has 5 heteroatoms. The Kier molecular flexibility index (Phi) is 5.04. The third kappa shape index (κ3) is 3.71. The SMILES string of the molecule is COCCN1C[C@H]2CCC[C@@H](CNc3ncccn3)[C@H]2C1. The Morgan fingerprint density at radius 1 is 1.29 bits per heavy atom. The Hall–Kier alpha value is -1.20. The molecule has 0 bridgehead atoms. The van der Waals surface area contributed by atoms with Crippen LogP contribution in [0.1, 0.15) is 19.3 Å². The first-order valence-corrected chi connectivity index (χ1v) is 8.09. The number of nitrogens with zero attached hydrogens (tertiary/aromatic N) is 3. The van der Waals surface area contributed by atoms with E-state index in [4.69, 9.17) is 4.74 Å². The molecule has 2 aliphatic rings. The zero-order valence-electron chi connectivity index (χ0n) is 12.9. The first-order valence-electron chi connectivity index (χ1n) is 8.09. The Balaban J connectivity index is 1.53. The molecular formula is C16H26N4O. The van der Waals surface area contributed by atoms with Crippen LogP contribution >= 0.6 is 0 Å². The van der Waals surface area contributed by atoms with E-state index in [1.165, 1.54) is 32.4 Å². The van der Waals surface area contributed by atoms with Crippen LogP contribution in [-0.4, -0.2) is 54.8 Å². The molecule has 3 rings (SSSR count). The molecule has 21 heavy (non-hydrogen) atoms. The topological polar surface area (TPSA) is 50.3 Å². The van der Waals surface area contributed by atoms with Crippen molar-refractivity contribution < 1.29 is 4.74 Å². The number of anilines is 1. The molecule has 1 N–H and O–H groups in total. The normalized spacial score (nSPS) is 29.3. The summed E-state index contributed by atoms with van der Waals surface area (Å²) in [7, 11) is 1.79. The number of fused-ring (bicyclic) bond motifs is 1. The molecule has 0 unspecified atom stereocenters. The van der Waals surface area contributed by atoms with Gasteiger partial charge in [-0.15, -0.1) is 0 Å². The Morgan fingerprint density at radius 2 is 2.14 bits per heavy atom. The van der Waals surface area contributed by atoms with E-state index in [1.807, 2.05) is 6.07 Å². The lowest BCUT2D eigenvalue weighted by Crippen LogP contribution is -2.32. The lowest BCUT2D eigenvalue weighted by molar-refractivity contribution is 0.156. The first kappa shape index (κ1) is 14.7. The van der Waals surface area contributed by atoms with Gasteiger partial charge in [-0.25, -0.2) is 9.97 Å². The van der Waals surface area contributed by atoms with Gasteiger partial charge in [0, 0.05) is 45.7 Å². The number of hydrogen-bond acceptors (Lipinski definition) is 5. The van der Waals surface area contributed by atoms with Gasteiger partial charge in [-0.1, -0.05) is 6.42 Å². The maximum Gasteiger partial charge on any atom is 0.222 e. The summed E-state index contributed by atoms with van der Waals surface area (Å²) in [5, 5.41) is 3.42. The maximum absolute atomic E-state index is 5.22. The van der Waals surface area contributed by atoms with Crippen molar-refractivity contribution in [1.82, 2.24) is 14.9 Å². The van der Waals surface area contributed by atoms with Crippen LogP contribution in [0, 0.1) is 17.8 Å².